The number of nitrogens with one attached hydrogen (secondary N) is 1. The van der Waals surface area contributed by atoms with Crippen LogP contribution < -0.4 is 10.1 Å². The number of para-hydroxylation sites is 3. The predicted octanol–water partition coefficient (Wildman–Crippen LogP) is 5.70. The fourth-order valence-corrected chi connectivity index (χ4v) is 4.35. The molecule has 0 saturated heterocycles. The van der Waals surface area contributed by atoms with E-state index in [4.69, 9.17) is 9.72 Å². The SMILES string of the molecule is O=C(Nc1ccccc1-c1cn2c(n1)SCC2)c1ccccc1Oc1ccccc1. The van der Waals surface area contributed by atoms with Crippen molar-refractivity contribution >= 4 is 23.4 Å². The number of imidazole rings is 1. The Morgan fingerprint density at radius 2 is 1.73 bits per heavy atom. The summed E-state index contributed by atoms with van der Waals surface area (Å²) in [6, 6.07) is 24.4. The molecule has 0 fully saturated rings. The first-order valence-corrected chi connectivity index (χ1v) is 10.7. The highest BCUT2D eigenvalue weighted by Crippen LogP contribution is 2.33. The molecule has 0 atom stereocenters. The van der Waals surface area contributed by atoms with Gasteiger partial charge in [0, 0.05) is 24.1 Å². The number of anilines is 1. The molecule has 1 aliphatic heterocycles. The molecule has 0 aliphatic carbocycles. The molecule has 1 aliphatic rings. The van der Waals surface area contributed by atoms with Gasteiger partial charge < -0.3 is 14.6 Å². The molecule has 0 bridgehead atoms. The molecule has 4 aromatic rings. The Labute approximate surface area is 178 Å². The quantitative estimate of drug-likeness (QED) is 0.456. The molecule has 5 nitrogen and oxygen atoms in total. The third kappa shape index (κ3) is 3.69. The van der Waals surface area contributed by atoms with E-state index in [1.165, 1.54) is 0 Å². The van der Waals surface area contributed by atoms with E-state index in [9.17, 15) is 4.79 Å². The number of hydrogen-bond acceptors (Lipinski definition) is 4. The molecule has 0 saturated carbocycles. The zero-order valence-corrected chi connectivity index (χ0v) is 16.9. The normalized spacial score (nSPS) is 12.4. The van der Waals surface area contributed by atoms with Crippen LogP contribution in [0.25, 0.3) is 11.3 Å². The van der Waals surface area contributed by atoms with Crippen molar-refractivity contribution in [3.05, 3.63) is 90.6 Å². The second kappa shape index (κ2) is 8.08. The van der Waals surface area contributed by atoms with E-state index in [-0.39, 0.29) is 5.91 Å². The van der Waals surface area contributed by atoms with Crippen molar-refractivity contribution in [2.75, 3.05) is 11.1 Å². The third-order valence-electron chi connectivity index (χ3n) is 4.86. The molecule has 1 N–H and O–H groups in total. The van der Waals surface area contributed by atoms with E-state index in [2.05, 4.69) is 9.88 Å². The first-order chi connectivity index (χ1) is 14.8. The molecule has 1 aromatic heterocycles. The van der Waals surface area contributed by atoms with Crippen molar-refractivity contribution in [3.8, 4) is 22.8 Å². The van der Waals surface area contributed by atoms with Crippen molar-refractivity contribution in [2.24, 2.45) is 0 Å². The number of fused-ring (bicyclic) bond motifs is 1. The molecule has 2 heterocycles. The summed E-state index contributed by atoms with van der Waals surface area (Å²) in [5, 5.41) is 4.06. The average Bonchev–Trinajstić information content (AvgIpc) is 3.38. The standard InChI is InChI=1S/C24H19N3O2S/c28-23(19-11-5-7-13-22(19)29-17-8-2-1-3-9-17)25-20-12-6-4-10-18(20)21-16-27-14-15-30-24(27)26-21/h1-13,16H,14-15H2,(H,25,28). The number of amides is 1. The lowest BCUT2D eigenvalue weighted by Gasteiger charge is -2.13. The summed E-state index contributed by atoms with van der Waals surface area (Å²) in [7, 11) is 0. The van der Waals surface area contributed by atoms with Crippen LogP contribution in [0.4, 0.5) is 5.69 Å². The number of benzene rings is 3. The summed E-state index contributed by atoms with van der Waals surface area (Å²) < 4.78 is 8.10. The van der Waals surface area contributed by atoms with E-state index in [0.717, 1.165) is 34.4 Å². The highest BCUT2D eigenvalue weighted by molar-refractivity contribution is 7.99. The highest BCUT2D eigenvalue weighted by Gasteiger charge is 2.19. The Morgan fingerprint density at radius 1 is 0.967 bits per heavy atom. The second-order valence-electron chi connectivity index (χ2n) is 6.86. The van der Waals surface area contributed by atoms with Crippen LogP contribution in [0.1, 0.15) is 10.4 Å². The maximum Gasteiger partial charge on any atom is 0.259 e. The van der Waals surface area contributed by atoms with Gasteiger partial charge >= 0.3 is 0 Å². The van der Waals surface area contributed by atoms with E-state index in [1.54, 1.807) is 23.9 Å². The van der Waals surface area contributed by atoms with Gasteiger partial charge in [-0.3, -0.25) is 4.79 Å². The van der Waals surface area contributed by atoms with E-state index >= 15 is 0 Å². The number of ether oxygens (including phenoxy) is 1. The lowest BCUT2D eigenvalue weighted by Crippen LogP contribution is -2.13. The summed E-state index contributed by atoms with van der Waals surface area (Å²) in [5.74, 6) is 2.02. The monoisotopic (exact) mass is 413 g/mol. The van der Waals surface area contributed by atoms with Crippen LogP contribution in [0.15, 0.2) is 90.2 Å². The minimum Gasteiger partial charge on any atom is -0.457 e. The van der Waals surface area contributed by atoms with E-state index in [1.807, 2.05) is 72.9 Å². The topological polar surface area (TPSA) is 56.2 Å². The van der Waals surface area contributed by atoms with Gasteiger partial charge in [-0.2, -0.15) is 0 Å². The van der Waals surface area contributed by atoms with Gasteiger partial charge in [0.05, 0.1) is 16.9 Å². The largest absolute Gasteiger partial charge is 0.457 e. The minimum atomic E-state index is -0.227. The average molecular weight is 414 g/mol. The van der Waals surface area contributed by atoms with Crippen molar-refractivity contribution < 1.29 is 9.53 Å². The number of hydrogen-bond donors (Lipinski definition) is 1. The summed E-state index contributed by atoms with van der Waals surface area (Å²) in [6.45, 7) is 0.964. The van der Waals surface area contributed by atoms with Gasteiger partial charge in [-0.05, 0) is 30.3 Å². The zero-order valence-electron chi connectivity index (χ0n) is 16.1. The Morgan fingerprint density at radius 3 is 2.60 bits per heavy atom. The molecule has 0 unspecified atom stereocenters. The highest BCUT2D eigenvalue weighted by atomic mass is 32.2. The Balaban J connectivity index is 1.43. The van der Waals surface area contributed by atoms with Gasteiger partial charge in [0.1, 0.15) is 11.5 Å². The molecule has 1 amide bonds. The Bertz CT molecular complexity index is 1180. The molecule has 5 rings (SSSR count). The van der Waals surface area contributed by atoms with Crippen LogP contribution in [0.5, 0.6) is 11.5 Å². The number of aryl methyl sites for hydroxylation is 1. The third-order valence-corrected chi connectivity index (χ3v) is 5.83. The Kier molecular flexibility index (Phi) is 4.99. The molecular weight excluding hydrogens is 394 g/mol. The predicted molar refractivity (Wildman–Crippen MR) is 119 cm³/mol. The zero-order chi connectivity index (χ0) is 20.3. The summed E-state index contributed by atoms with van der Waals surface area (Å²) in [4.78, 5) is 17.9. The molecule has 6 heteroatoms. The number of thioether (sulfide) groups is 1. The lowest BCUT2D eigenvalue weighted by molar-refractivity contribution is 0.102. The number of aromatic nitrogens is 2. The molecule has 30 heavy (non-hydrogen) atoms. The molecular formula is C24H19N3O2S. The van der Waals surface area contributed by atoms with Gasteiger partial charge in [0.2, 0.25) is 0 Å². The van der Waals surface area contributed by atoms with E-state index in [0.29, 0.717) is 17.1 Å². The first kappa shape index (κ1) is 18.5. The number of carbonyl (C=O) groups excluding carboxylic acids is 1. The van der Waals surface area contributed by atoms with Gasteiger partial charge in [0.25, 0.3) is 5.91 Å². The van der Waals surface area contributed by atoms with E-state index < -0.39 is 0 Å². The van der Waals surface area contributed by atoms with Crippen LogP contribution in [0.3, 0.4) is 0 Å². The summed E-state index contributed by atoms with van der Waals surface area (Å²) in [6.07, 6.45) is 2.05. The second-order valence-corrected chi connectivity index (χ2v) is 7.92. The van der Waals surface area contributed by atoms with Gasteiger partial charge in [-0.25, -0.2) is 4.98 Å². The van der Waals surface area contributed by atoms with Gasteiger partial charge in [-0.15, -0.1) is 0 Å². The molecule has 3 aromatic carbocycles. The van der Waals surface area contributed by atoms with Crippen LogP contribution in [-0.4, -0.2) is 21.2 Å². The van der Waals surface area contributed by atoms with Crippen molar-refractivity contribution in [3.63, 3.8) is 0 Å². The van der Waals surface area contributed by atoms with Crippen LogP contribution in [0.2, 0.25) is 0 Å². The summed E-state index contributed by atoms with van der Waals surface area (Å²) in [5.41, 5.74) is 2.95. The lowest BCUT2D eigenvalue weighted by atomic mass is 10.1. The van der Waals surface area contributed by atoms with Gasteiger partial charge in [0.15, 0.2) is 5.16 Å². The fraction of sp³-hybridized carbons (Fsp3) is 0.0833. The first-order valence-electron chi connectivity index (χ1n) is 9.70. The fourth-order valence-electron chi connectivity index (χ4n) is 3.40. The van der Waals surface area contributed by atoms with Crippen LogP contribution >= 0.6 is 11.8 Å². The van der Waals surface area contributed by atoms with Gasteiger partial charge in [-0.1, -0.05) is 60.3 Å². The maximum atomic E-state index is 13.1. The Hall–Kier alpha value is -3.51. The number of nitrogens with zero attached hydrogens (tertiary/aromatic N) is 2. The smallest absolute Gasteiger partial charge is 0.259 e. The molecule has 148 valence electrons. The minimum absolute atomic E-state index is 0.227. The van der Waals surface area contributed by atoms with Crippen molar-refractivity contribution in [1.29, 1.82) is 0 Å². The maximum absolute atomic E-state index is 13.1. The van der Waals surface area contributed by atoms with Crippen molar-refractivity contribution in [1.82, 2.24) is 9.55 Å². The molecule has 0 spiro atoms. The number of carbonyl (C=O) groups is 1. The van der Waals surface area contributed by atoms with Crippen LogP contribution in [0, 0.1) is 0 Å². The summed E-state index contributed by atoms with van der Waals surface area (Å²) >= 11 is 1.75. The number of rotatable bonds is 5. The molecule has 0 radical (unpaired) electrons. The van der Waals surface area contributed by atoms with Crippen LogP contribution in [-0.2, 0) is 6.54 Å². The van der Waals surface area contributed by atoms with Crippen molar-refractivity contribution in [2.45, 2.75) is 11.7 Å².